The van der Waals surface area contributed by atoms with E-state index in [0.29, 0.717) is 17.5 Å². The summed E-state index contributed by atoms with van der Waals surface area (Å²) in [6, 6.07) is 0. The van der Waals surface area contributed by atoms with Gasteiger partial charge in [-0.25, -0.2) is 0 Å². The lowest BCUT2D eigenvalue weighted by Crippen LogP contribution is -2.31. The van der Waals surface area contributed by atoms with Gasteiger partial charge in [0.2, 0.25) is 5.91 Å². The van der Waals surface area contributed by atoms with Gasteiger partial charge in [-0.15, -0.1) is 11.8 Å². The smallest absolute Gasteiger partial charge is 0.230 e. The number of nitrogens with one attached hydrogen (secondary N) is 2. The molecular formula is C14H24N4OS. The van der Waals surface area contributed by atoms with E-state index >= 15 is 0 Å². The van der Waals surface area contributed by atoms with Crippen molar-refractivity contribution in [2.75, 3.05) is 18.8 Å². The summed E-state index contributed by atoms with van der Waals surface area (Å²) < 4.78 is 1.86. The Hall–Kier alpha value is -1.01. The quantitative estimate of drug-likeness (QED) is 0.855. The van der Waals surface area contributed by atoms with Crippen LogP contribution in [-0.4, -0.2) is 39.8 Å². The highest BCUT2D eigenvalue weighted by Crippen LogP contribution is 2.19. The molecule has 1 fully saturated rings. The fourth-order valence-corrected chi connectivity index (χ4v) is 3.53. The minimum Gasteiger partial charge on any atom is -0.351 e. The highest BCUT2D eigenvalue weighted by molar-refractivity contribution is 8.00. The number of amides is 1. The number of hydrogen-bond acceptors (Lipinski definition) is 4. The normalized spacial score (nSPS) is 16.4. The summed E-state index contributed by atoms with van der Waals surface area (Å²) in [6.07, 6.45) is 2.33. The molecule has 6 heteroatoms. The van der Waals surface area contributed by atoms with Gasteiger partial charge in [-0.05, 0) is 39.8 Å². The molecule has 0 unspecified atom stereocenters. The Morgan fingerprint density at radius 3 is 2.75 bits per heavy atom. The highest BCUT2D eigenvalue weighted by atomic mass is 32.2. The van der Waals surface area contributed by atoms with Gasteiger partial charge in [-0.1, -0.05) is 0 Å². The number of carbonyl (C=O) groups is 1. The van der Waals surface area contributed by atoms with Crippen molar-refractivity contribution in [3.05, 3.63) is 17.0 Å². The van der Waals surface area contributed by atoms with Crippen molar-refractivity contribution in [1.82, 2.24) is 20.4 Å². The van der Waals surface area contributed by atoms with Crippen molar-refractivity contribution in [3.8, 4) is 0 Å². The Morgan fingerprint density at radius 2 is 2.15 bits per heavy atom. The van der Waals surface area contributed by atoms with E-state index in [9.17, 15) is 4.79 Å². The molecule has 1 saturated heterocycles. The molecule has 112 valence electrons. The van der Waals surface area contributed by atoms with Crippen LogP contribution in [0.15, 0.2) is 0 Å². The molecular weight excluding hydrogens is 272 g/mol. The lowest BCUT2D eigenvalue weighted by atomic mass is 10.2. The average Bonchev–Trinajstić information content (AvgIpc) is 2.69. The molecule has 20 heavy (non-hydrogen) atoms. The van der Waals surface area contributed by atoms with Gasteiger partial charge >= 0.3 is 0 Å². The molecule has 1 aromatic heterocycles. The Balaban J connectivity index is 1.74. The molecule has 1 amide bonds. The van der Waals surface area contributed by atoms with E-state index in [0.717, 1.165) is 30.0 Å². The van der Waals surface area contributed by atoms with Crippen LogP contribution >= 0.6 is 11.8 Å². The molecule has 2 heterocycles. The third-order valence-electron chi connectivity index (χ3n) is 3.86. The van der Waals surface area contributed by atoms with Crippen molar-refractivity contribution in [2.45, 2.75) is 38.5 Å². The van der Waals surface area contributed by atoms with Gasteiger partial charge in [0.25, 0.3) is 0 Å². The number of hydrogen-bond donors (Lipinski definition) is 2. The second-order valence-electron chi connectivity index (χ2n) is 5.31. The van der Waals surface area contributed by atoms with Crippen molar-refractivity contribution in [3.63, 3.8) is 0 Å². The van der Waals surface area contributed by atoms with E-state index < -0.39 is 0 Å². The largest absolute Gasteiger partial charge is 0.351 e. The van der Waals surface area contributed by atoms with Gasteiger partial charge in [-0.3, -0.25) is 9.48 Å². The number of carbonyl (C=O) groups excluding carboxylic acids is 1. The highest BCUT2D eigenvalue weighted by Gasteiger charge is 2.15. The lowest BCUT2D eigenvalue weighted by molar-refractivity contribution is -0.118. The molecule has 0 radical (unpaired) electrons. The zero-order chi connectivity index (χ0) is 14.5. The number of piperidine rings is 1. The predicted molar refractivity (Wildman–Crippen MR) is 82.9 cm³/mol. The first-order valence-electron chi connectivity index (χ1n) is 7.16. The lowest BCUT2D eigenvalue weighted by Gasteiger charge is -2.21. The molecule has 0 aliphatic carbocycles. The number of nitrogens with zero attached hydrogens (tertiary/aromatic N) is 2. The van der Waals surface area contributed by atoms with Crippen molar-refractivity contribution >= 4 is 17.7 Å². The van der Waals surface area contributed by atoms with E-state index in [-0.39, 0.29) is 5.91 Å². The first-order valence-corrected chi connectivity index (χ1v) is 8.21. The number of rotatable bonds is 5. The third kappa shape index (κ3) is 3.99. The Morgan fingerprint density at radius 1 is 1.45 bits per heavy atom. The molecule has 0 aromatic carbocycles. The molecule has 0 spiro atoms. The van der Waals surface area contributed by atoms with Crippen molar-refractivity contribution in [2.24, 2.45) is 7.05 Å². The summed E-state index contributed by atoms with van der Waals surface area (Å²) in [4.78, 5) is 11.9. The van der Waals surface area contributed by atoms with Crippen LogP contribution in [0.1, 0.15) is 29.8 Å². The maximum atomic E-state index is 11.9. The maximum Gasteiger partial charge on any atom is 0.230 e. The number of aryl methyl sites for hydroxylation is 2. The van der Waals surface area contributed by atoms with E-state index in [1.165, 1.54) is 12.8 Å². The standard InChI is InChI=1S/C14H24N4OS/c1-10-13(11(2)18(3)17-10)8-16-14(19)9-20-12-4-6-15-7-5-12/h12,15H,4-9H2,1-3H3,(H,16,19). The van der Waals surface area contributed by atoms with Gasteiger partial charge in [0, 0.05) is 30.1 Å². The van der Waals surface area contributed by atoms with Crippen LogP contribution in [0.4, 0.5) is 0 Å². The zero-order valence-corrected chi connectivity index (χ0v) is 13.3. The van der Waals surface area contributed by atoms with Crippen LogP contribution in [-0.2, 0) is 18.4 Å². The third-order valence-corrected chi connectivity index (χ3v) is 5.23. The van der Waals surface area contributed by atoms with Crippen LogP contribution < -0.4 is 10.6 Å². The number of thioether (sulfide) groups is 1. The van der Waals surface area contributed by atoms with Gasteiger partial charge in [-0.2, -0.15) is 5.10 Å². The van der Waals surface area contributed by atoms with Crippen LogP contribution in [0, 0.1) is 13.8 Å². The maximum absolute atomic E-state index is 11.9. The van der Waals surface area contributed by atoms with Crippen molar-refractivity contribution in [1.29, 1.82) is 0 Å². The number of aromatic nitrogens is 2. The summed E-state index contributed by atoms with van der Waals surface area (Å²) in [5.41, 5.74) is 3.25. The Kier molecular flexibility index (Phi) is 5.48. The minimum atomic E-state index is 0.121. The Bertz CT molecular complexity index is 466. The van der Waals surface area contributed by atoms with Gasteiger partial charge in [0.15, 0.2) is 0 Å². The van der Waals surface area contributed by atoms with E-state index in [1.807, 2.05) is 25.6 Å². The predicted octanol–water partition coefficient (Wildman–Crippen LogP) is 1.14. The van der Waals surface area contributed by atoms with E-state index in [2.05, 4.69) is 15.7 Å². The van der Waals surface area contributed by atoms with Crippen LogP contribution in [0.3, 0.4) is 0 Å². The summed E-state index contributed by atoms with van der Waals surface area (Å²) in [7, 11) is 1.93. The monoisotopic (exact) mass is 296 g/mol. The van der Waals surface area contributed by atoms with Crippen LogP contribution in [0.25, 0.3) is 0 Å². The van der Waals surface area contributed by atoms with Crippen molar-refractivity contribution < 1.29 is 4.79 Å². The second-order valence-corrected chi connectivity index (χ2v) is 6.60. The average molecular weight is 296 g/mol. The molecule has 2 N–H and O–H groups in total. The second kappa shape index (κ2) is 7.13. The molecule has 0 saturated carbocycles. The SMILES string of the molecule is Cc1nn(C)c(C)c1CNC(=O)CSC1CCNCC1. The van der Waals surface area contributed by atoms with E-state index in [4.69, 9.17) is 0 Å². The van der Waals surface area contributed by atoms with Crippen LogP contribution in [0.2, 0.25) is 0 Å². The van der Waals surface area contributed by atoms with Gasteiger partial charge < -0.3 is 10.6 Å². The summed E-state index contributed by atoms with van der Waals surface area (Å²) in [5.74, 6) is 0.680. The molecule has 0 atom stereocenters. The first-order chi connectivity index (χ1) is 9.58. The summed E-state index contributed by atoms with van der Waals surface area (Å²) >= 11 is 1.78. The molecule has 1 aliphatic heterocycles. The van der Waals surface area contributed by atoms with E-state index in [1.54, 1.807) is 11.8 Å². The van der Waals surface area contributed by atoms with Gasteiger partial charge in [0.1, 0.15) is 0 Å². The molecule has 0 bridgehead atoms. The van der Waals surface area contributed by atoms with Crippen LogP contribution in [0.5, 0.6) is 0 Å². The topological polar surface area (TPSA) is 59.0 Å². The Labute approximate surface area is 124 Å². The minimum absolute atomic E-state index is 0.121. The summed E-state index contributed by atoms with van der Waals surface area (Å²) in [5, 5.41) is 11.3. The fraction of sp³-hybridized carbons (Fsp3) is 0.714. The zero-order valence-electron chi connectivity index (χ0n) is 12.5. The molecule has 5 nitrogen and oxygen atoms in total. The van der Waals surface area contributed by atoms with Gasteiger partial charge in [0.05, 0.1) is 11.4 Å². The molecule has 2 rings (SSSR count). The first kappa shape index (κ1) is 15.4. The summed E-state index contributed by atoms with van der Waals surface area (Å²) in [6.45, 7) is 6.75. The fourth-order valence-electron chi connectivity index (χ4n) is 2.47. The molecule has 1 aliphatic rings. The molecule has 1 aromatic rings.